The van der Waals surface area contributed by atoms with Crippen molar-refractivity contribution in [2.75, 3.05) is 19.6 Å². The molecule has 22 heavy (non-hydrogen) atoms. The maximum absolute atomic E-state index is 12.1. The first-order chi connectivity index (χ1) is 10.5. The van der Waals surface area contributed by atoms with Gasteiger partial charge < -0.3 is 10.6 Å². The number of carbonyl (C=O) groups is 1. The van der Waals surface area contributed by atoms with E-state index in [-0.39, 0.29) is 5.91 Å². The van der Waals surface area contributed by atoms with Crippen LogP contribution in [0.3, 0.4) is 0 Å². The number of carbonyl (C=O) groups excluding carboxylic acids is 1. The van der Waals surface area contributed by atoms with Gasteiger partial charge in [0.2, 0.25) is 5.91 Å². The molecule has 124 valence electrons. The van der Waals surface area contributed by atoms with Crippen molar-refractivity contribution in [1.29, 1.82) is 0 Å². The second-order valence-corrected chi connectivity index (χ2v) is 6.66. The van der Waals surface area contributed by atoms with Gasteiger partial charge in [0.1, 0.15) is 0 Å². The number of piperidine rings is 1. The standard InChI is InChI=1S/C17H30N4O/c1-12(15-6-5-8-18-11-15)10-17(22)19-9-7-16-13(2)20-21(4)14(16)3/h12,15,18H,5-11H2,1-4H3,(H,19,22). The number of aromatic nitrogens is 2. The zero-order chi connectivity index (χ0) is 16.1. The average molecular weight is 306 g/mol. The number of amides is 1. The van der Waals surface area contributed by atoms with Gasteiger partial charge in [-0.1, -0.05) is 6.92 Å². The summed E-state index contributed by atoms with van der Waals surface area (Å²) in [5.41, 5.74) is 3.51. The SMILES string of the molecule is Cc1nn(C)c(C)c1CCNC(=O)CC(C)C1CCCNC1. The second-order valence-electron chi connectivity index (χ2n) is 6.66. The maximum Gasteiger partial charge on any atom is 0.220 e. The van der Waals surface area contributed by atoms with Gasteiger partial charge in [0.15, 0.2) is 0 Å². The fraction of sp³-hybridized carbons (Fsp3) is 0.765. The highest BCUT2D eigenvalue weighted by atomic mass is 16.1. The van der Waals surface area contributed by atoms with Crippen LogP contribution in [0.4, 0.5) is 0 Å². The van der Waals surface area contributed by atoms with Crippen LogP contribution in [0.15, 0.2) is 0 Å². The molecule has 5 heteroatoms. The van der Waals surface area contributed by atoms with Crippen molar-refractivity contribution in [1.82, 2.24) is 20.4 Å². The van der Waals surface area contributed by atoms with E-state index < -0.39 is 0 Å². The lowest BCUT2D eigenvalue weighted by molar-refractivity contribution is -0.122. The van der Waals surface area contributed by atoms with Crippen molar-refractivity contribution in [3.05, 3.63) is 17.0 Å². The molecule has 0 aliphatic carbocycles. The van der Waals surface area contributed by atoms with Crippen molar-refractivity contribution in [3.8, 4) is 0 Å². The maximum atomic E-state index is 12.1. The van der Waals surface area contributed by atoms with Gasteiger partial charge in [0, 0.05) is 25.7 Å². The van der Waals surface area contributed by atoms with Gasteiger partial charge in [-0.25, -0.2) is 0 Å². The van der Waals surface area contributed by atoms with Crippen LogP contribution in [-0.4, -0.2) is 35.3 Å². The molecule has 0 aromatic carbocycles. The van der Waals surface area contributed by atoms with Crippen LogP contribution in [0.2, 0.25) is 0 Å². The number of rotatable bonds is 6. The number of hydrogen-bond donors (Lipinski definition) is 2. The summed E-state index contributed by atoms with van der Waals surface area (Å²) in [6, 6.07) is 0. The Kier molecular flexibility index (Phi) is 6.00. The molecule has 2 rings (SSSR count). The van der Waals surface area contributed by atoms with Gasteiger partial charge in [0.05, 0.1) is 5.69 Å². The number of hydrogen-bond acceptors (Lipinski definition) is 3. The van der Waals surface area contributed by atoms with E-state index in [9.17, 15) is 4.79 Å². The minimum atomic E-state index is 0.178. The van der Waals surface area contributed by atoms with E-state index in [1.807, 2.05) is 18.7 Å². The van der Waals surface area contributed by atoms with E-state index in [2.05, 4.69) is 29.6 Å². The summed E-state index contributed by atoms with van der Waals surface area (Å²) in [6.07, 6.45) is 3.97. The summed E-state index contributed by atoms with van der Waals surface area (Å²) in [5, 5.41) is 10.9. The Morgan fingerprint density at radius 2 is 2.27 bits per heavy atom. The smallest absolute Gasteiger partial charge is 0.220 e. The van der Waals surface area contributed by atoms with Gasteiger partial charge >= 0.3 is 0 Å². The molecule has 1 aliphatic rings. The van der Waals surface area contributed by atoms with Crippen molar-refractivity contribution >= 4 is 5.91 Å². The topological polar surface area (TPSA) is 59.0 Å². The number of nitrogens with zero attached hydrogens (tertiary/aromatic N) is 2. The van der Waals surface area contributed by atoms with E-state index in [1.54, 1.807) is 0 Å². The third-order valence-electron chi connectivity index (χ3n) is 5.00. The number of nitrogens with one attached hydrogen (secondary N) is 2. The van der Waals surface area contributed by atoms with Crippen LogP contribution in [-0.2, 0) is 18.3 Å². The number of aryl methyl sites for hydroxylation is 2. The zero-order valence-corrected chi connectivity index (χ0v) is 14.4. The highest BCUT2D eigenvalue weighted by Crippen LogP contribution is 2.22. The molecule has 1 aromatic rings. The summed E-state index contributed by atoms with van der Waals surface area (Å²) in [4.78, 5) is 12.1. The Morgan fingerprint density at radius 3 is 2.86 bits per heavy atom. The Hall–Kier alpha value is -1.36. The summed E-state index contributed by atoms with van der Waals surface area (Å²) in [5.74, 6) is 1.27. The Bertz CT molecular complexity index is 503. The Labute approximate surface area is 133 Å². The molecule has 0 spiro atoms. The summed E-state index contributed by atoms with van der Waals surface area (Å²) in [7, 11) is 1.96. The molecule has 1 aliphatic heterocycles. The molecule has 0 bridgehead atoms. The van der Waals surface area contributed by atoms with Crippen molar-refractivity contribution in [2.24, 2.45) is 18.9 Å². The molecule has 1 amide bonds. The summed E-state index contributed by atoms with van der Waals surface area (Å²) >= 11 is 0. The van der Waals surface area contributed by atoms with Crippen molar-refractivity contribution < 1.29 is 4.79 Å². The lowest BCUT2D eigenvalue weighted by Gasteiger charge is -2.28. The average Bonchev–Trinajstić information content (AvgIpc) is 2.74. The highest BCUT2D eigenvalue weighted by Gasteiger charge is 2.21. The first kappa shape index (κ1) is 17.0. The van der Waals surface area contributed by atoms with Crippen LogP contribution >= 0.6 is 0 Å². The predicted molar refractivity (Wildman–Crippen MR) is 88.8 cm³/mol. The fourth-order valence-electron chi connectivity index (χ4n) is 3.40. The Morgan fingerprint density at radius 1 is 1.50 bits per heavy atom. The van der Waals surface area contributed by atoms with Gasteiger partial charge in [-0.05, 0) is 63.6 Å². The van der Waals surface area contributed by atoms with Crippen LogP contribution < -0.4 is 10.6 Å². The van der Waals surface area contributed by atoms with Crippen molar-refractivity contribution in [3.63, 3.8) is 0 Å². The summed E-state index contributed by atoms with van der Waals surface area (Å²) < 4.78 is 1.91. The third-order valence-corrected chi connectivity index (χ3v) is 5.00. The van der Waals surface area contributed by atoms with E-state index in [4.69, 9.17) is 0 Å². The van der Waals surface area contributed by atoms with E-state index in [0.717, 1.165) is 25.2 Å². The third kappa shape index (κ3) is 4.32. The zero-order valence-electron chi connectivity index (χ0n) is 14.4. The first-order valence-corrected chi connectivity index (χ1v) is 8.45. The van der Waals surface area contributed by atoms with Crippen LogP contribution in [0.25, 0.3) is 0 Å². The molecular weight excluding hydrogens is 276 g/mol. The molecule has 2 N–H and O–H groups in total. The van der Waals surface area contributed by atoms with Crippen LogP contribution in [0.1, 0.15) is 43.1 Å². The fourth-order valence-corrected chi connectivity index (χ4v) is 3.40. The van der Waals surface area contributed by atoms with Gasteiger partial charge in [-0.2, -0.15) is 5.10 Å². The minimum absolute atomic E-state index is 0.178. The highest BCUT2D eigenvalue weighted by molar-refractivity contribution is 5.76. The van der Waals surface area contributed by atoms with Gasteiger partial charge in [-0.3, -0.25) is 9.48 Å². The molecule has 5 nitrogen and oxygen atoms in total. The van der Waals surface area contributed by atoms with Crippen LogP contribution in [0.5, 0.6) is 0 Å². The molecule has 1 saturated heterocycles. The molecule has 2 heterocycles. The van der Waals surface area contributed by atoms with Gasteiger partial charge in [-0.15, -0.1) is 0 Å². The molecule has 0 saturated carbocycles. The lowest BCUT2D eigenvalue weighted by atomic mass is 9.85. The van der Waals surface area contributed by atoms with Gasteiger partial charge in [0.25, 0.3) is 0 Å². The van der Waals surface area contributed by atoms with E-state index in [0.29, 0.717) is 24.8 Å². The molecule has 2 atom stereocenters. The molecule has 2 unspecified atom stereocenters. The predicted octanol–water partition coefficient (Wildman–Crippen LogP) is 1.72. The largest absolute Gasteiger partial charge is 0.356 e. The monoisotopic (exact) mass is 306 g/mol. The van der Waals surface area contributed by atoms with E-state index in [1.165, 1.54) is 24.1 Å². The lowest BCUT2D eigenvalue weighted by Crippen LogP contribution is -2.36. The quantitative estimate of drug-likeness (QED) is 0.841. The first-order valence-electron chi connectivity index (χ1n) is 8.45. The second kappa shape index (κ2) is 7.77. The van der Waals surface area contributed by atoms with E-state index >= 15 is 0 Å². The molecule has 1 fully saturated rings. The van der Waals surface area contributed by atoms with Crippen molar-refractivity contribution in [2.45, 2.75) is 46.5 Å². The van der Waals surface area contributed by atoms with Crippen LogP contribution in [0, 0.1) is 25.7 Å². The molecule has 0 radical (unpaired) electrons. The minimum Gasteiger partial charge on any atom is -0.356 e. The Balaban J connectivity index is 1.73. The normalized spacial score (nSPS) is 19.9. The molecule has 1 aromatic heterocycles. The molecular formula is C17H30N4O. The summed E-state index contributed by atoms with van der Waals surface area (Å²) in [6.45, 7) is 9.19.